The predicted octanol–water partition coefficient (Wildman–Crippen LogP) is 4.86. The first kappa shape index (κ1) is 14.7. The van der Waals surface area contributed by atoms with Crippen molar-refractivity contribution in [1.29, 1.82) is 0 Å². The molecule has 0 heterocycles. The van der Waals surface area contributed by atoms with Crippen LogP contribution < -0.4 is 0 Å². The first-order chi connectivity index (χ1) is 9.43. The standard InChI is InChI=1S/C18H21FO/c1-5-17(20)18-13(4)8-11(2)9-15(18)14-6-7-16(19)12(3)10-14/h6-10,17,20H,5H2,1-4H3. The molecule has 2 aromatic rings. The van der Waals surface area contributed by atoms with Crippen molar-refractivity contribution in [2.75, 3.05) is 0 Å². The molecule has 106 valence electrons. The van der Waals surface area contributed by atoms with Crippen LogP contribution in [0.25, 0.3) is 11.1 Å². The Morgan fingerprint density at radius 3 is 2.35 bits per heavy atom. The van der Waals surface area contributed by atoms with Crippen LogP contribution in [0.3, 0.4) is 0 Å². The molecule has 1 N–H and O–H groups in total. The van der Waals surface area contributed by atoms with E-state index in [-0.39, 0.29) is 5.82 Å². The van der Waals surface area contributed by atoms with Gasteiger partial charge in [0.1, 0.15) is 5.82 Å². The van der Waals surface area contributed by atoms with E-state index in [1.165, 1.54) is 6.07 Å². The van der Waals surface area contributed by atoms with Gasteiger partial charge < -0.3 is 5.11 Å². The van der Waals surface area contributed by atoms with E-state index in [1.807, 2.05) is 26.8 Å². The molecule has 2 heteroatoms. The Morgan fingerprint density at radius 2 is 1.75 bits per heavy atom. The molecule has 2 rings (SSSR count). The molecule has 0 aliphatic heterocycles. The van der Waals surface area contributed by atoms with E-state index in [9.17, 15) is 9.50 Å². The van der Waals surface area contributed by atoms with Crippen molar-refractivity contribution in [2.45, 2.75) is 40.2 Å². The van der Waals surface area contributed by atoms with Gasteiger partial charge in [0.15, 0.2) is 0 Å². The van der Waals surface area contributed by atoms with Crippen LogP contribution in [0, 0.1) is 26.6 Å². The number of rotatable bonds is 3. The zero-order valence-electron chi connectivity index (χ0n) is 12.5. The molecule has 1 atom stereocenters. The lowest BCUT2D eigenvalue weighted by atomic mass is 9.89. The largest absolute Gasteiger partial charge is 0.388 e. The summed E-state index contributed by atoms with van der Waals surface area (Å²) in [6.45, 7) is 7.77. The summed E-state index contributed by atoms with van der Waals surface area (Å²) in [5.74, 6) is -0.198. The highest BCUT2D eigenvalue weighted by Crippen LogP contribution is 2.34. The zero-order chi connectivity index (χ0) is 14.9. The molecule has 0 aliphatic carbocycles. The molecular weight excluding hydrogens is 251 g/mol. The van der Waals surface area contributed by atoms with Gasteiger partial charge in [-0.1, -0.05) is 30.7 Å². The van der Waals surface area contributed by atoms with Crippen molar-refractivity contribution in [3.8, 4) is 11.1 Å². The second kappa shape index (κ2) is 5.76. The van der Waals surface area contributed by atoms with E-state index < -0.39 is 6.10 Å². The molecule has 1 nitrogen and oxygen atoms in total. The van der Waals surface area contributed by atoms with Gasteiger partial charge in [0.25, 0.3) is 0 Å². The molecule has 0 aromatic heterocycles. The quantitative estimate of drug-likeness (QED) is 0.845. The summed E-state index contributed by atoms with van der Waals surface area (Å²) in [5, 5.41) is 10.3. The fourth-order valence-corrected chi connectivity index (χ4v) is 2.68. The molecule has 0 bridgehead atoms. The Balaban J connectivity index is 2.68. The van der Waals surface area contributed by atoms with Gasteiger partial charge in [0.05, 0.1) is 6.10 Å². The normalized spacial score (nSPS) is 12.5. The fourth-order valence-electron chi connectivity index (χ4n) is 2.68. The van der Waals surface area contributed by atoms with E-state index in [0.29, 0.717) is 12.0 Å². The molecule has 0 saturated carbocycles. The maximum atomic E-state index is 13.4. The summed E-state index contributed by atoms with van der Waals surface area (Å²) >= 11 is 0. The lowest BCUT2D eigenvalue weighted by molar-refractivity contribution is 0.173. The number of hydrogen-bond donors (Lipinski definition) is 1. The van der Waals surface area contributed by atoms with Crippen molar-refractivity contribution >= 4 is 0 Å². The average molecular weight is 272 g/mol. The number of halogens is 1. The predicted molar refractivity (Wildman–Crippen MR) is 81.3 cm³/mol. The van der Waals surface area contributed by atoms with Crippen LogP contribution in [-0.2, 0) is 0 Å². The molecule has 2 aromatic carbocycles. The van der Waals surface area contributed by atoms with Crippen molar-refractivity contribution in [2.24, 2.45) is 0 Å². The zero-order valence-corrected chi connectivity index (χ0v) is 12.5. The SMILES string of the molecule is CCC(O)c1c(C)cc(C)cc1-c1ccc(F)c(C)c1. The minimum atomic E-state index is -0.490. The van der Waals surface area contributed by atoms with E-state index in [4.69, 9.17) is 0 Å². The first-order valence-electron chi connectivity index (χ1n) is 6.99. The second-order valence-electron chi connectivity index (χ2n) is 5.43. The molecule has 1 unspecified atom stereocenters. The third-order valence-electron chi connectivity index (χ3n) is 3.72. The summed E-state index contributed by atoms with van der Waals surface area (Å²) < 4.78 is 13.4. The van der Waals surface area contributed by atoms with Gasteiger partial charge in [-0.2, -0.15) is 0 Å². The van der Waals surface area contributed by atoms with Crippen LogP contribution >= 0.6 is 0 Å². The molecular formula is C18H21FO. The van der Waals surface area contributed by atoms with Crippen molar-refractivity contribution in [3.05, 3.63) is 58.4 Å². The van der Waals surface area contributed by atoms with Crippen molar-refractivity contribution < 1.29 is 9.50 Å². The summed E-state index contributed by atoms with van der Waals surface area (Å²) in [5.41, 5.74) is 5.75. The lowest BCUT2D eigenvalue weighted by Crippen LogP contribution is -2.02. The molecule has 0 saturated heterocycles. The highest BCUT2D eigenvalue weighted by atomic mass is 19.1. The smallest absolute Gasteiger partial charge is 0.126 e. The van der Waals surface area contributed by atoms with E-state index in [1.54, 1.807) is 13.0 Å². The molecule has 0 radical (unpaired) electrons. The van der Waals surface area contributed by atoms with Gasteiger partial charge in [-0.05, 0) is 67.1 Å². The fraction of sp³-hybridized carbons (Fsp3) is 0.333. The van der Waals surface area contributed by atoms with E-state index in [0.717, 1.165) is 27.8 Å². The van der Waals surface area contributed by atoms with Gasteiger partial charge in [0, 0.05) is 0 Å². The number of aliphatic hydroxyl groups excluding tert-OH is 1. The average Bonchev–Trinajstić information content (AvgIpc) is 2.40. The Morgan fingerprint density at radius 1 is 1.05 bits per heavy atom. The molecule has 0 amide bonds. The Labute approximate surface area is 120 Å². The van der Waals surface area contributed by atoms with Crippen molar-refractivity contribution in [1.82, 2.24) is 0 Å². The van der Waals surface area contributed by atoms with Crippen LogP contribution in [0.15, 0.2) is 30.3 Å². The maximum Gasteiger partial charge on any atom is 0.126 e. The van der Waals surface area contributed by atoms with Crippen LogP contribution in [0.2, 0.25) is 0 Å². The monoisotopic (exact) mass is 272 g/mol. The Hall–Kier alpha value is -1.67. The Kier molecular flexibility index (Phi) is 4.24. The third-order valence-corrected chi connectivity index (χ3v) is 3.72. The number of aryl methyl sites for hydroxylation is 3. The van der Waals surface area contributed by atoms with Gasteiger partial charge in [-0.25, -0.2) is 4.39 Å². The van der Waals surface area contributed by atoms with Crippen LogP contribution in [0.4, 0.5) is 4.39 Å². The van der Waals surface area contributed by atoms with Crippen LogP contribution in [0.5, 0.6) is 0 Å². The molecule has 0 spiro atoms. The van der Waals surface area contributed by atoms with Crippen molar-refractivity contribution in [3.63, 3.8) is 0 Å². The highest BCUT2D eigenvalue weighted by Gasteiger charge is 2.16. The topological polar surface area (TPSA) is 20.2 Å². The summed E-state index contributed by atoms with van der Waals surface area (Å²) in [4.78, 5) is 0. The summed E-state index contributed by atoms with van der Waals surface area (Å²) in [6, 6.07) is 9.25. The number of hydrogen-bond acceptors (Lipinski definition) is 1. The summed E-state index contributed by atoms with van der Waals surface area (Å²) in [6.07, 6.45) is 0.174. The third kappa shape index (κ3) is 2.75. The first-order valence-corrected chi connectivity index (χ1v) is 6.99. The van der Waals surface area contributed by atoms with E-state index in [2.05, 4.69) is 12.1 Å². The number of benzene rings is 2. The molecule has 0 fully saturated rings. The molecule has 0 aliphatic rings. The maximum absolute atomic E-state index is 13.4. The summed E-state index contributed by atoms with van der Waals surface area (Å²) in [7, 11) is 0. The second-order valence-corrected chi connectivity index (χ2v) is 5.43. The van der Waals surface area contributed by atoms with Gasteiger partial charge in [-0.15, -0.1) is 0 Å². The lowest BCUT2D eigenvalue weighted by Gasteiger charge is -2.19. The van der Waals surface area contributed by atoms with Crippen LogP contribution in [-0.4, -0.2) is 5.11 Å². The minimum Gasteiger partial charge on any atom is -0.388 e. The highest BCUT2D eigenvalue weighted by molar-refractivity contribution is 5.71. The van der Waals surface area contributed by atoms with Gasteiger partial charge >= 0.3 is 0 Å². The molecule has 20 heavy (non-hydrogen) atoms. The minimum absolute atomic E-state index is 0.198. The number of aliphatic hydroxyl groups is 1. The van der Waals surface area contributed by atoms with Gasteiger partial charge in [-0.3, -0.25) is 0 Å². The Bertz CT molecular complexity index is 632. The van der Waals surface area contributed by atoms with E-state index >= 15 is 0 Å². The van der Waals surface area contributed by atoms with Gasteiger partial charge in [0.2, 0.25) is 0 Å². The van der Waals surface area contributed by atoms with Crippen LogP contribution in [0.1, 0.15) is 41.7 Å².